The van der Waals surface area contributed by atoms with Crippen LogP contribution >= 0.6 is 0 Å². The van der Waals surface area contributed by atoms with Gasteiger partial charge in [-0.2, -0.15) is 0 Å². The highest BCUT2D eigenvalue weighted by atomic mass is 28.3. The molecule has 3 aromatic heterocycles. The third kappa shape index (κ3) is 10.8. The molecule has 0 spiro atoms. The number of aromatic nitrogens is 4. The maximum absolute atomic E-state index is 11.1. The average molecular weight is 1320 g/mol. The SMILES string of the molecule is [2H]c1c([2H])c([2H])c(-c2cc(-c3c([2H])c([2H])c4c(c3[2H])C(C([2H])([2H])[2H])(C([2H])([2H])[2H])C([2H])([2H])C([2H])([2H])C4(C([2H])([2H])[2H])C([2H])([2H])[2H])c(-[n+]3[c-]n(-c4cccc(Oc5ccc6c7ccccc7n(-c7cc(C([2H])([2H])[2H])c(-c8c([2H])c([2H])c([2H])c([2H])c8[2H])cn7)c6c5)c4)c4cc(-c5ccc(C(C)(C)C)cc5)ccc43)c([Si](c3c([2H])c([2H])c([2H])c([2H])c3[2H])(c3c([2H])c([2H])c([2H])c([2H])c3[2H])c3c([2H])c([2H])c([2H])c([2H])c3[2H])c2)c([2H])c1[2H]. The summed E-state index contributed by atoms with van der Waals surface area (Å²) < 4.78 is 460. The van der Waals surface area contributed by atoms with E-state index in [0.29, 0.717) is 34.0 Å². The van der Waals surface area contributed by atoms with E-state index in [1.165, 1.54) is 53.1 Å². The van der Waals surface area contributed by atoms with Crippen molar-refractivity contribution in [2.75, 3.05) is 0 Å². The maximum Gasteiger partial charge on any atom is 0.269 e. The van der Waals surface area contributed by atoms with Crippen molar-refractivity contribution in [3.8, 4) is 73.2 Å². The Bertz CT molecular complexity index is 7720. The molecule has 12 aromatic carbocycles. The lowest BCUT2D eigenvalue weighted by Gasteiger charge is -2.42. The van der Waals surface area contributed by atoms with Crippen LogP contribution in [0.25, 0.3) is 94.5 Å². The first-order valence-electron chi connectivity index (χ1n) is 53.6. The largest absolute Gasteiger partial charge is 0.458 e. The van der Waals surface area contributed by atoms with Crippen LogP contribution in [0.4, 0.5) is 0 Å². The topological polar surface area (TPSA) is 35.9 Å². The van der Waals surface area contributed by atoms with Crippen molar-refractivity contribution in [2.24, 2.45) is 0 Å². The molecule has 0 aliphatic heterocycles. The number of ether oxygens (including phenoxy) is 1. The first-order chi connectivity index (χ1) is 66.5. The fourth-order valence-electron chi connectivity index (χ4n) is 12.4. The smallest absolute Gasteiger partial charge is 0.269 e. The molecule has 0 unspecified atom stereocenters. The summed E-state index contributed by atoms with van der Waals surface area (Å²) in [6, 6.07) is -5.87. The predicted octanol–water partition coefficient (Wildman–Crippen LogP) is 20.0. The van der Waals surface area contributed by atoms with Crippen molar-refractivity contribution in [1.82, 2.24) is 14.1 Å². The lowest BCUT2D eigenvalue weighted by atomic mass is 9.63. The minimum absolute atomic E-state index is 0.00651. The molecular formula is C91H78N4OSi. The predicted molar refractivity (Wildman–Crippen MR) is 406 cm³/mol. The van der Waals surface area contributed by atoms with E-state index < -0.39 is 317 Å². The fraction of sp³-hybridized carbons (Fsp3) is 0.143. The van der Waals surface area contributed by atoms with Crippen molar-refractivity contribution >= 4 is 61.7 Å². The number of hydrogen-bond acceptors (Lipinski definition) is 2. The monoisotopic (exact) mass is 1320 g/mol. The van der Waals surface area contributed by atoms with Gasteiger partial charge in [-0.3, -0.25) is 13.7 Å². The molecule has 0 fully saturated rings. The number of rotatable bonds is 13. The zero-order valence-corrected chi connectivity index (χ0v) is 52.4. The first-order valence-corrected chi connectivity index (χ1v) is 32.1. The van der Waals surface area contributed by atoms with E-state index in [4.69, 9.17) is 17.1 Å². The fourth-order valence-corrected chi connectivity index (χ4v) is 16.5. The van der Waals surface area contributed by atoms with Crippen molar-refractivity contribution in [1.29, 1.82) is 0 Å². The molecule has 0 atom stereocenters. The molecule has 472 valence electrons. The Balaban J connectivity index is 1.15. The summed E-state index contributed by atoms with van der Waals surface area (Å²) in [5.41, 5.74) is -20.4. The van der Waals surface area contributed by atoms with Gasteiger partial charge in [0.1, 0.15) is 17.3 Å². The minimum atomic E-state index is -7.21. The van der Waals surface area contributed by atoms with E-state index in [1.54, 1.807) is 71.3 Å². The Labute approximate surface area is 637 Å². The lowest BCUT2D eigenvalue weighted by Crippen LogP contribution is -2.76. The number of pyridine rings is 1. The van der Waals surface area contributed by atoms with E-state index in [-0.39, 0.29) is 45.2 Å². The highest BCUT2D eigenvalue weighted by Crippen LogP contribution is 2.48. The van der Waals surface area contributed by atoms with Crippen LogP contribution in [0.15, 0.2) is 303 Å². The van der Waals surface area contributed by atoms with E-state index in [2.05, 4.69) is 11.3 Å². The summed E-state index contributed by atoms with van der Waals surface area (Å²) in [5.74, 6) is -0.154. The Morgan fingerprint density at radius 2 is 1.13 bits per heavy atom. The normalized spacial score (nSPS) is 22.3. The molecule has 15 aromatic rings. The van der Waals surface area contributed by atoms with Gasteiger partial charge in [0, 0.05) is 54.6 Å². The molecule has 0 amide bonds. The summed E-state index contributed by atoms with van der Waals surface area (Å²) in [5, 5.41) is -4.23. The molecular weight excluding hydrogens is 1190 g/mol. The van der Waals surface area contributed by atoms with Crippen molar-refractivity contribution in [3.63, 3.8) is 0 Å². The average Bonchev–Trinajstić information content (AvgIpc) is 0.670. The lowest BCUT2D eigenvalue weighted by molar-refractivity contribution is -0.570. The van der Waals surface area contributed by atoms with E-state index >= 15 is 0 Å². The van der Waals surface area contributed by atoms with Gasteiger partial charge in [-0.1, -0.05) is 284 Å². The number of imidazole rings is 1. The highest BCUT2D eigenvalue weighted by molar-refractivity contribution is 7.20. The third-order valence-corrected chi connectivity index (χ3v) is 21.2. The zero-order chi connectivity index (χ0) is 107. The van der Waals surface area contributed by atoms with Gasteiger partial charge < -0.3 is 4.74 Å². The van der Waals surface area contributed by atoms with Crippen LogP contribution < -0.4 is 30.1 Å². The van der Waals surface area contributed by atoms with Crippen molar-refractivity contribution in [2.45, 2.75) is 84.0 Å². The minimum Gasteiger partial charge on any atom is -0.458 e. The number of aryl methyl sites for hydroxylation is 1. The molecule has 0 saturated carbocycles. The third-order valence-electron chi connectivity index (χ3n) is 17.0. The molecule has 0 saturated heterocycles. The Hall–Kier alpha value is -10.9. The number of hydrogen-bond donors (Lipinski definition) is 0. The van der Waals surface area contributed by atoms with Crippen LogP contribution in [0, 0.1) is 13.2 Å². The van der Waals surface area contributed by atoms with Gasteiger partial charge in [0.15, 0.2) is 8.07 Å². The Morgan fingerprint density at radius 1 is 0.515 bits per heavy atom. The number of para-hydroxylation sites is 1. The van der Waals surface area contributed by atoms with Gasteiger partial charge in [-0.25, -0.2) is 4.98 Å². The van der Waals surface area contributed by atoms with E-state index in [1.807, 2.05) is 20.8 Å². The van der Waals surface area contributed by atoms with Gasteiger partial charge in [0.25, 0.3) is 6.33 Å². The van der Waals surface area contributed by atoms with Gasteiger partial charge in [0.2, 0.25) is 0 Å². The van der Waals surface area contributed by atoms with Gasteiger partial charge in [-0.05, 0) is 172 Å². The summed E-state index contributed by atoms with van der Waals surface area (Å²) in [7, 11) is -7.21. The maximum atomic E-state index is 11.1. The number of nitrogens with zero attached hydrogens (tertiary/aromatic N) is 4. The van der Waals surface area contributed by atoms with Crippen LogP contribution in [0.2, 0.25) is 0 Å². The van der Waals surface area contributed by atoms with Crippen LogP contribution in [0.3, 0.4) is 0 Å². The van der Waals surface area contributed by atoms with Crippen LogP contribution in [-0.2, 0) is 16.2 Å². The second-order valence-corrected chi connectivity index (χ2v) is 27.5. The summed E-state index contributed by atoms with van der Waals surface area (Å²) >= 11 is 0. The van der Waals surface area contributed by atoms with Crippen molar-refractivity contribution < 1.29 is 73.7 Å². The highest BCUT2D eigenvalue weighted by Gasteiger charge is 2.45. The molecule has 6 heteroatoms. The second kappa shape index (κ2) is 24.1. The molecule has 3 heterocycles. The first kappa shape index (κ1) is 28.4. The van der Waals surface area contributed by atoms with Gasteiger partial charge in [0.05, 0.1) is 71.8 Å². The van der Waals surface area contributed by atoms with Crippen molar-refractivity contribution in [3.05, 3.63) is 331 Å². The molecule has 0 radical (unpaired) electrons. The van der Waals surface area contributed by atoms with Gasteiger partial charge >= 0.3 is 0 Å². The standard InChI is InChI=1S/C91H78N4OSi/c1-62-53-87(92-60-79(62)65-29-16-10-17-30-65)95-82-40-25-24-39-76(82)77-48-47-72(59-84(77)95)96-71-32-26-31-70(58-71)93-61-94(83-50-44-66(56-85(83)93)64-41-45-69(46-42-64)89(2,3)4)88-78(67-43-49-80-81(55-67)91(7,8)52-51-90(80,5)6)54-68(63-27-14-9-15-28-63)57-86(88)97(73-33-18-11-19-34-73,74-35-20-12-21-36-74)75-37-22-13-23-38-75/h9-50,53-60H,51-52H2,1-8H3/i1D3,5D3,6D3,7D3,8D3,9D,10D,11D,12D,13D,14D,15D,16D,17D,18D,19D,20D,21D,22D,23D,27D,28D,29D,30D,33D,34D,35D,36D,37D,38D,43D,49D,51D2,52D2,55D. The van der Waals surface area contributed by atoms with Crippen LogP contribution in [-0.4, -0.2) is 22.2 Å². The second-order valence-electron chi connectivity index (χ2n) is 23.9. The molecule has 0 N–H and O–H groups in total. The molecule has 16 rings (SSSR count). The molecule has 0 bridgehead atoms. The Morgan fingerprint density at radius 3 is 1.79 bits per heavy atom. The quantitative estimate of drug-likeness (QED) is 0.0499. The molecule has 1 aliphatic carbocycles. The summed E-state index contributed by atoms with van der Waals surface area (Å²) in [6.45, 7) is -16.2. The molecule has 5 nitrogen and oxygen atoms in total. The van der Waals surface area contributed by atoms with E-state index in [0.717, 1.165) is 16.3 Å². The van der Waals surface area contributed by atoms with Crippen LogP contribution in [0.5, 0.6) is 11.5 Å². The Kier molecular flexibility index (Phi) is 7.05. The number of fused-ring (bicyclic) bond motifs is 5. The number of benzene rings is 12. The van der Waals surface area contributed by atoms with E-state index in [9.17, 15) is 52.1 Å². The van der Waals surface area contributed by atoms with Crippen LogP contribution in [0.1, 0.15) is 148 Å². The molecule has 97 heavy (non-hydrogen) atoms. The summed E-state index contributed by atoms with van der Waals surface area (Å²) in [4.78, 5) is 4.69. The molecule has 1 aliphatic rings. The zero-order valence-electron chi connectivity index (χ0n) is 98.4. The van der Waals surface area contributed by atoms with Gasteiger partial charge in [-0.15, -0.1) is 0 Å². The summed E-state index contributed by atoms with van der Waals surface area (Å²) in [6.07, 6.45) is -5.77.